The molecule has 0 aliphatic carbocycles. The molecule has 25 heavy (non-hydrogen) atoms. The maximum Gasteiger partial charge on any atom is 0.573 e. The second-order valence-corrected chi connectivity index (χ2v) is 6.01. The van der Waals surface area contributed by atoms with Crippen molar-refractivity contribution in [3.63, 3.8) is 0 Å². The lowest BCUT2D eigenvalue weighted by molar-refractivity contribution is -0.274. The van der Waals surface area contributed by atoms with Crippen LogP contribution >= 0.6 is 15.9 Å². The molecule has 0 aliphatic rings. The van der Waals surface area contributed by atoms with Gasteiger partial charge in [0, 0.05) is 4.47 Å². The van der Waals surface area contributed by atoms with Crippen molar-refractivity contribution in [2.75, 3.05) is 7.11 Å². The summed E-state index contributed by atoms with van der Waals surface area (Å²) >= 11 is 3.30. The molecule has 1 N–H and O–H groups in total. The average Bonchev–Trinajstić information content (AvgIpc) is 2.54. The number of carbonyl (C=O) groups is 1. The summed E-state index contributed by atoms with van der Waals surface area (Å²) in [5.41, 5.74) is 1.03. The Morgan fingerprint density at radius 2 is 1.72 bits per heavy atom. The highest BCUT2D eigenvalue weighted by atomic mass is 79.9. The molecule has 2 rings (SSSR count). The first-order valence-corrected chi connectivity index (χ1v) is 7.99. The summed E-state index contributed by atoms with van der Waals surface area (Å²) in [4.78, 5) is 12.4. The van der Waals surface area contributed by atoms with Gasteiger partial charge in [0.2, 0.25) is 0 Å². The molecule has 0 heterocycles. The number of amides is 1. The first kappa shape index (κ1) is 19.1. The van der Waals surface area contributed by atoms with Crippen LogP contribution in [0.3, 0.4) is 0 Å². The molecule has 0 bridgehead atoms. The largest absolute Gasteiger partial charge is 0.573 e. The number of hydrogen-bond donors (Lipinski definition) is 1. The molecule has 4 nitrogen and oxygen atoms in total. The summed E-state index contributed by atoms with van der Waals surface area (Å²) in [5, 5.41) is 2.78. The average molecular weight is 418 g/mol. The predicted octanol–water partition coefficient (Wildman–Crippen LogP) is 4.85. The zero-order valence-electron chi connectivity index (χ0n) is 13.4. The molecular formula is C17H15BrF3NO3. The van der Waals surface area contributed by atoms with E-state index < -0.39 is 12.4 Å². The maximum absolute atomic E-state index is 12.4. The van der Waals surface area contributed by atoms with Gasteiger partial charge in [-0.05, 0) is 58.7 Å². The maximum atomic E-state index is 12.4. The molecule has 0 saturated heterocycles. The Labute approximate surface area is 151 Å². The van der Waals surface area contributed by atoms with Gasteiger partial charge in [0.1, 0.15) is 11.5 Å². The summed E-state index contributed by atoms with van der Waals surface area (Å²) in [7, 11) is 1.50. The first-order valence-electron chi connectivity index (χ1n) is 7.19. The third-order valence-corrected chi connectivity index (χ3v) is 4.07. The lowest BCUT2D eigenvalue weighted by Gasteiger charge is -2.16. The van der Waals surface area contributed by atoms with E-state index in [0.29, 0.717) is 21.3 Å². The Hall–Kier alpha value is -2.22. The molecule has 2 aromatic carbocycles. The standard InChI is InChI=1S/C17H15BrF3NO3/c1-10(11-3-5-12(6-4-11)25-17(19,20)21)22-16(23)14-9-13(24-2)7-8-15(14)18/h3-10H,1-2H3,(H,22,23). The monoisotopic (exact) mass is 417 g/mol. The zero-order chi connectivity index (χ0) is 18.6. The zero-order valence-corrected chi connectivity index (χ0v) is 14.9. The van der Waals surface area contributed by atoms with Crippen molar-refractivity contribution in [1.82, 2.24) is 5.32 Å². The number of methoxy groups -OCH3 is 1. The molecule has 1 unspecified atom stereocenters. The molecule has 0 radical (unpaired) electrons. The number of hydrogen-bond acceptors (Lipinski definition) is 3. The van der Waals surface area contributed by atoms with Gasteiger partial charge in [-0.25, -0.2) is 0 Å². The SMILES string of the molecule is COc1ccc(Br)c(C(=O)NC(C)c2ccc(OC(F)(F)F)cc2)c1. The topological polar surface area (TPSA) is 47.6 Å². The number of halogens is 4. The van der Waals surface area contributed by atoms with E-state index in [1.54, 1.807) is 25.1 Å². The highest BCUT2D eigenvalue weighted by molar-refractivity contribution is 9.10. The van der Waals surface area contributed by atoms with E-state index in [4.69, 9.17) is 4.74 Å². The van der Waals surface area contributed by atoms with Crippen molar-refractivity contribution in [2.45, 2.75) is 19.3 Å². The molecule has 0 aliphatic heterocycles. The fourth-order valence-corrected chi connectivity index (χ4v) is 2.55. The van der Waals surface area contributed by atoms with Gasteiger partial charge in [0.05, 0.1) is 18.7 Å². The van der Waals surface area contributed by atoms with Gasteiger partial charge in [0.25, 0.3) is 5.91 Å². The smallest absolute Gasteiger partial charge is 0.497 e. The number of alkyl halides is 3. The van der Waals surface area contributed by atoms with Gasteiger partial charge in [-0.1, -0.05) is 12.1 Å². The highest BCUT2D eigenvalue weighted by Crippen LogP contribution is 2.26. The van der Waals surface area contributed by atoms with E-state index in [9.17, 15) is 18.0 Å². The Morgan fingerprint density at radius 1 is 1.12 bits per heavy atom. The number of nitrogens with one attached hydrogen (secondary N) is 1. The van der Waals surface area contributed by atoms with Crippen molar-refractivity contribution in [1.29, 1.82) is 0 Å². The molecule has 0 fully saturated rings. The summed E-state index contributed by atoms with van der Waals surface area (Å²) in [6, 6.07) is 9.92. The van der Waals surface area contributed by atoms with Crippen LogP contribution in [0.25, 0.3) is 0 Å². The van der Waals surface area contributed by atoms with Crippen LogP contribution in [-0.4, -0.2) is 19.4 Å². The van der Waals surface area contributed by atoms with Gasteiger partial charge < -0.3 is 14.8 Å². The fourth-order valence-electron chi connectivity index (χ4n) is 2.12. The predicted molar refractivity (Wildman–Crippen MR) is 89.7 cm³/mol. The van der Waals surface area contributed by atoms with Gasteiger partial charge in [-0.15, -0.1) is 13.2 Å². The normalized spacial score (nSPS) is 12.4. The molecular weight excluding hydrogens is 403 g/mol. The van der Waals surface area contributed by atoms with Crippen LogP contribution in [0.15, 0.2) is 46.9 Å². The van der Waals surface area contributed by atoms with Crippen molar-refractivity contribution < 1.29 is 27.4 Å². The van der Waals surface area contributed by atoms with E-state index in [0.717, 1.165) is 0 Å². The van der Waals surface area contributed by atoms with Crippen LogP contribution in [-0.2, 0) is 0 Å². The molecule has 1 amide bonds. The van der Waals surface area contributed by atoms with E-state index >= 15 is 0 Å². The number of rotatable bonds is 5. The molecule has 0 aromatic heterocycles. The third-order valence-electron chi connectivity index (χ3n) is 3.38. The number of ether oxygens (including phenoxy) is 2. The van der Waals surface area contributed by atoms with Crippen molar-refractivity contribution in [2.24, 2.45) is 0 Å². The molecule has 8 heteroatoms. The Bertz CT molecular complexity index is 748. The van der Waals surface area contributed by atoms with Crippen molar-refractivity contribution in [3.8, 4) is 11.5 Å². The van der Waals surface area contributed by atoms with Crippen LogP contribution < -0.4 is 14.8 Å². The van der Waals surface area contributed by atoms with Gasteiger partial charge >= 0.3 is 6.36 Å². The van der Waals surface area contributed by atoms with E-state index in [2.05, 4.69) is 26.0 Å². The van der Waals surface area contributed by atoms with Crippen molar-refractivity contribution >= 4 is 21.8 Å². The highest BCUT2D eigenvalue weighted by Gasteiger charge is 2.31. The van der Waals surface area contributed by atoms with Crippen LogP contribution in [0.1, 0.15) is 28.9 Å². The Kier molecular flexibility index (Phi) is 5.94. The van der Waals surface area contributed by atoms with E-state index in [1.165, 1.54) is 31.4 Å². The molecule has 0 saturated carbocycles. The van der Waals surface area contributed by atoms with Crippen LogP contribution in [0.2, 0.25) is 0 Å². The third kappa shape index (κ3) is 5.38. The summed E-state index contributed by atoms with van der Waals surface area (Å²) in [5.74, 6) is -0.117. The summed E-state index contributed by atoms with van der Waals surface area (Å²) in [6.07, 6.45) is -4.74. The number of benzene rings is 2. The Balaban J connectivity index is 2.08. The van der Waals surface area contributed by atoms with Crippen LogP contribution in [0.4, 0.5) is 13.2 Å². The molecule has 2 aromatic rings. The molecule has 0 spiro atoms. The van der Waals surface area contributed by atoms with Crippen LogP contribution in [0.5, 0.6) is 11.5 Å². The van der Waals surface area contributed by atoms with Crippen LogP contribution in [0, 0.1) is 0 Å². The number of carbonyl (C=O) groups excluding carboxylic acids is 1. The minimum Gasteiger partial charge on any atom is -0.497 e. The first-order chi connectivity index (χ1) is 11.7. The van der Waals surface area contributed by atoms with Gasteiger partial charge in [-0.3, -0.25) is 4.79 Å². The fraction of sp³-hybridized carbons (Fsp3) is 0.235. The lowest BCUT2D eigenvalue weighted by Crippen LogP contribution is -2.27. The minimum atomic E-state index is -4.74. The molecule has 1 atom stereocenters. The lowest BCUT2D eigenvalue weighted by atomic mass is 10.1. The van der Waals surface area contributed by atoms with Gasteiger partial charge in [0.15, 0.2) is 0 Å². The van der Waals surface area contributed by atoms with Crippen molar-refractivity contribution in [3.05, 3.63) is 58.1 Å². The minimum absolute atomic E-state index is 0.315. The summed E-state index contributed by atoms with van der Waals surface area (Å²) < 4.78 is 46.0. The summed E-state index contributed by atoms with van der Waals surface area (Å²) in [6.45, 7) is 1.73. The second kappa shape index (κ2) is 7.77. The van der Waals surface area contributed by atoms with Gasteiger partial charge in [-0.2, -0.15) is 0 Å². The quantitative estimate of drug-likeness (QED) is 0.756. The van der Waals surface area contributed by atoms with E-state index in [-0.39, 0.29) is 11.7 Å². The second-order valence-electron chi connectivity index (χ2n) is 5.16. The molecule has 134 valence electrons. The Morgan fingerprint density at radius 3 is 2.28 bits per heavy atom. The van der Waals surface area contributed by atoms with E-state index in [1.807, 2.05) is 0 Å².